The Kier molecular flexibility index (Phi) is 12.6. The number of alkyl carbamates (subject to hydrolysis) is 1. The summed E-state index contributed by atoms with van der Waals surface area (Å²) in [5, 5.41) is 15.1. The zero-order valence-electron chi connectivity index (χ0n) is 22.4. The third-order valence-electron chi connectivity index (χ3n) is 5.69. The van der Waals surface area contributed by atoms with Crippen molar-refractivity contribution < 1.29 is 29.0 Å². The lowest BCUT2D eigenvalue weighted by atomic mass is 10.1. The number of nitrogens with zero attached hydrogens (tertiary/aromatic N) is 1. The van der Waals surface area contributed by atoms with E-state index in [1.165, 1.54) is 0 Å². The van der Waals surface area contributed by atoms with Crippen molar-refractivity contribution in [1.82, 2.24) is 15.5 Å². The highest BCUT2D eigenvalue weighted by Gasteiger charge is 2.24. The zero-order chi connectivity index (χ0) is 28.0. The number of carboxylic acid groups (broad SMARTS) is 1. The number of benzene rings is 2. The predicted octanol–water partition coefficient (Wildman–Crippen LogP) is 3.79. The standard InChI is InChI=1S/C29H39N3O6/c1-29(2,3)38-28(37)31-24(27(35)36)15-10-18-32(19-16-25(33)22-11-6-4-7-12-22)20-17-30-21-26(34)23-13-8-5-9-14-23/h4-9,11-14,24,30H,10,15-21H2,1-3H3,(H,31,37)(H,35,36)/t24-/m0/s1. The van der Waals surface area contributed by atoms with Gasteiger partial charge in [-0.3, -0.25) is 9.59 Å². The average Bonchev–Trinajstić information content (AvgIpc) is 2.88. The van der Waals surface area contributed by atoms with Crippen LogP contribution in [0.4, 0.5) is 4.79 Å². The van der Waals surface area contributed by atoms with E-state index in [2.05, 4.69) is 15.5 Å². The van der Waals surface area contributed by atoms with E-state index in [4.69, 9.17) is 4.74 Å². The number of amides is 1. The topological polar surface area (TPSA) is 125 Å². The van der Waals surface area contributed by atoms with Gasteiger partial charge in [0, 0.05) is 37.2 Å². The second-order valence-corrected chi connectivity index (χ2v) is 10.0. The fraction of sp³-hybridized carbons (Fsp3) is 0.448. The van der Waals surface area contributed by atoms with Crippen LogP contribution < -0.4 is 10.6 Å². The molecule has 0 radical (unpaired) electrons. The lowest BCUT2D eigenvalue weighted by Crippen LogP contribution is -2.44. The van der Waals surface area contributed by atoms with Gasteiger partial charge < -0.3 is 25.4 Å². The average molecular weight is 526 g/mol. The summed E-state index contributed by atoms with van der Waals surface area (Å²) < 4.78 is 5.17. The first-order chi connectivity index (χ1) is 18.0. The van der Waals surface area contributed by atoms with Crippen molar-refractivity contribution >= 4 is 23.6 Å². The minimum Gasteiger partial charge on any atom is -0.480 e. The largest absolute Gasteiger partial charge is 0.480 e. The molecule has 0 aliphatic carbocycles. The number of carbonyl (C=O) groups is 4. The van der Waals surface area contributed by atoms with Crippen molar-refractivity contribution in [2.45, 2.75) is 51.7 Å². The van der Waals surface area contributed by atoms with Gasteiger partial charge in [0.15, 0.2) is 11.6 Å². The maximum atomic E-state index is 12.6. The van der Waals surface area contributed by atoms with Gasteiger partial charge in [0.2, 0.25) is 0 Å². The second-order valence-electron chi connectivity index (χ2n) is 10.0. The lowest BCUT2D eigenvalue weighted by molar-refractivity contribution is -0.139. The molecule has 206 valence electrons. The summed E-state index contributed by atoms with van der Waals surface area (Å²) in [7, 11) is 0. The molecule has 0 aliphatic heterocycles. The highest BCUT2D eigenvalue weighted by molar-refractivity contribution is 5.97. The number of aliphatic carboxylic acids is 1. The number of hydrogen-bond acceptors (Lipinski definition) is 7. The Balaban J connectivity index is 1.89. The molecule has 2 aromatic rings. The first-order valence-corrected chi connectivity index (χ1v) is 12.9. The third-order valence-corrected chi connectivity index (χ3v) is 5.69. The van der Waals surface area contributed by atoms with Crippen LogP contribution >= 0.6 is 0 Å². The minimum atomic E-state index is -1.14. The number of ketones is 2. The van der Waals surface area contributed by atoms with Gasteiger partial charge in [-0.2, -0.15) is 0 Å². The monoisotopic (exact) mass is 525 g/mol. The molecule has 9 heteroatoms. The first-order valence-electron chi connectivity index (χ1n) is 12.9. The predicted molar refractivity (Wildman–Crippen MR) is 145 cm³/mol. The van der Waals surface area contributed by atoms with Crippen LogP contribution in [-0.2, 0) is 9.53 Å². The van der Waals surface area contributed by atoms with Gasteiger partial charge in [-0.15, -0.1) is 0 Å². The summed E-state index contributed by atoms with van der Waals surface area (Å²) in [5.74, 6) is -1.12. The number of rotatable bonds is 16. The fourth-order valence-corrected chi connectivity index (χ4v) is 3.75. The Hall–Kier alpha value is -3.56. The highest BCUT2D eigenvalue weighted by atomic mass is 16.6. The van der Waals surface area contributed by atoms with Crippen molar-refractivity contribution in [3.05, 3.63) is 71.8 Å². The number of Topliss-reactive ketones (excluding diaryl/α,β-unsaturated/α-hetero) is 2. The molecular weight excluding hydrogens is 486 g/mol. The molecule has 3 N–H and O–H groups in total. The lowest BCUT2D eigenvalue weighted by Gasteiger charge is -2.24. The number of ether oxygens (including phenoxy) is 1. The van der Waals surface area contributed by atoms with E-state index < -0.39 is 23.7 Å². The van der Waals surface area contributed by atoms with Crippen LogP contribution in [0.1, 0.15) is 60.7 Å². The van der Waals surface area contributed by atoms with Crippen molar-refractivity contribution in [1.29, 1.82) is 0 Å². The summed E-state index contributed by atoms with van der Waals surface area (Å²) >= 11 is 0. The molecule has 0 saturated heterocycles. The minimum absolute atomic E-state index is 0.00563. The normalized spacial score (nSPS) is 12.1. The van der Waals surface area contributed by atoms with E-state index in [0.29, 0.717) is 50.1 Å². The molecule has 0 saturated carbocycles. The van der Waals surface area contributed by atoms with Gasteiger partial charge in [0.25, 0.3) is 0 Å². The van der Waals surface area contributed by atoms with Gasteiger partial charge >= 0.3 is 12.1 Å². The van der Waals surface area contributed by atoms with Crippen LogP contribution in [0.2, 0.25) is 0 Å². The molecule has 2 aromatic carbocycles. The smallest absolute Gasteiger partial charge is 0.408 e. The fourth-order valence-electron chi connectivity index (χ4n) is 3.75. The van der Waals surface area contributed by atoms with Crippen LogP contribution in [-0.4, -0.2) is 78.0 Å². The molecule has 0 heterocycles. The van der Waals surface area contributed by atoms with Crippen LogP contribution in [0.25, 0.3) is 0 Å². The highest BCUT2D eigenvalue weighted by Crippen LogP contribution is 2.09. The van der Waals surface area contributed by atoms with Crippen molar-refractivity contribution in [2.75, 3.05) is 32.7 Å². The maximum absolute atomic E-state index is 12.6. The number of nitrogens with one attached hydrogen (secondary N) is 2. The molecule has 38 heavy (non-hydrogen) atoms. The molecule has 0 aliphatic rings. The zero-order valence-corrected chi connectivity index (χ0v) is 22.4. The SMILES string of the molecule is CC(C)(C)OC(=O)N[C@@H](CCCN(CCNCC(=O)c1ccccc1)CCC(=O)c1ccccc1)C(=O)O. The molecule has 0 bridgehead atoms. The third kappa shape index (κ3) is 12.1. The Bertz CT molecular complexity index is 1040. The quantitative estimate of drug-likeness (QED) is 0.223. The molecule has 0 spiro atoms. The Labute approximate surface area is 224 Å². The van der Waals surface area contributed by atoms with E-state index in [9.17, 15) is 24.3 Å². The second kappa shape index (κ2) is 15.6. The van der Waals surface area contributed by atoms with Crippen molar-refractivity contribution in [2.24, 2.45) is 0 Å². The number of hydrogen-bond donors (Lipinski definition) is 3. The van der Waals surface area contributed by atoms with Crippen LogP contribution in [0.15, 0.2) is 60.7 Å². The van der Waals surface area contributed by atoms with Gasteiger partial charge in [-0.25, -0.2) is 9.59 Å². The van der Waals surface area contributed by atoms with E-state index in [0.717, 1.165) is 0 Å². The van der Waals surface area contributed by atoms with Crippen LogP contribution in [0.3, 0.4) is 0 Å². The summed E-state index contributed by atoms with van der Waals surface area (Å²) in [6.45, 7) is 7.42. The molecule has 2 rings (SSSR count). The molecular formula is C29H39N3O6. The van der Waals surface area contributed by atoms with E-state index in [1.54, 1.807) is 45.0 Å². The maximum Gasteiger partial charge on any atom is 0.408 e. The summed E-state index contributed by atoms with van der Waals surface area (Å²) in [6, 6.07) is 17.0. The summed E-state index contributed by atoms with van der Waals surface area (Å²) in [6.07, 6.45) is 0.223. The first kappa shape index (κ1) is 30.7. The molecule has 0 aromatic heterocycles. The van der Waals surface area contributed by atoms with Crippen molar-refractivity contribution in [3.63, 3.8) is 0 Å². The molecule has 9 nitrogen and oxygen atoms in total. The van der Waals surface area contributed by atoms with Gasteiger partial charge in [-0.05, 0) is 40.2 Å². The van der Waals surface area contributed by atoms with Crippen LogP contribution in [0, 0.1) is 0 Å². The summed E-state index contributed by atoms with van der Waals surface area (Å²) in [4.78, 5) is 50.7. The van der Waals surface area contributed by atoms with Crippen molar-refractivity contribution in [3.8, 4) is 0 Å². The Morgan fingerprint density at radius 3 is 2.00 bits per heavy atom. The molecule has 0 fully saturated rings. The van der Waals surface area contributed by atoms with Gasteiger partial charge in [0.1, 0.15) is 11.6 Å². The van der Waals surface area contributed by atoms with E-state index >= 15 is 0 Å². The Morgan fingerprint density at radius 1 is 0.868 bits per heavy atom. The van der Waals surface area contributed by atoms with Gasteiger partial charge in [0.05, 0.1) is 6.54 Å². The van der Waals surface area contributed by atoms with E-state index in [1.807, 2.05) is 36.4 Å². The van der Waals surface area contributed by atoms with Gasteiger partial charge in [-0.1, -0.05) is 60.7 Å². The number of carbonyl (C=O) groups excluding carboxylic acids is 3. The number of carboxylic acids is 1. The van der Waals surface area contributed by atoms with E-state index in [-0.39, 0.29) is 24.5 Å². The summed E-state index contributed by atoms with van der Waals surface area (Å²) in [5.41, 5.74) is 0.554. The molecule has 1 amide bonds. The molecule has 0 unspecified atom stereocenters. The molecule has 1 atom stereocenters. The Morgan fingerprint density at radius 2 is 1.45 bits per heavy atom. The van der Waals surface area contributed by atoms with Crippen LogP contribution in [0.5, 0.6) is 0 Å².